The molecule has 4 N–H and O–H groups in total. The van der Waals surface area contributed by atoms with E-state index in [1.165, 1.54) is 18.0 Å². The van der Waals surface area contributed by atoms with Crippen molar-refractivity contribution in [1.29, 1.82) is 10.5 Å². The summed E-state index contributed by atoms with van der Waals surface area (Å²) < 4.78 is 11.8. The predicted molar refractivity (Wildman–Crippen MR) is 210 cm³/mol. The van der Waals surface area contributed by atoms with Gasteiger partial charge < -0.3 is 30.5 Å². The molecule has 2 fully saturated rings. The maximum absolute atomic E-state index is 9.29. The third kappa shape index (κ3) is 9.12. The maximum atomic E-state index is 9.29. The summed E-state index contributed by atoms with van der Waals surface area (Å²) in [6.07, 6.45) is 15.4. The third-order valence-electron chi connectivity index (χ3n) is 9.54. The van der Waals surface area contributed by atoms with Gasteiger partial charge in [0.05, 0.1) is 19.0 Å². The van der Waals surface area contributed by atoms with Crippen molar-refractivity contribution in [2.24, 2.45) is 0 Å². The monoisotopic (exact) mass is 735 g/mol. The topological polar surface area (TPSA) is 200 Å². The number of ether oxygens (including phenoxy) is 2. The molecule has 4 aromatic heterocycles. The highest BCUT2D eigenvalue weighted by Gasteiger charge is 2.21. The molecular formula is C41H41N11O3. The summed E-state index contributed by atoms with van der Waals surface area (Å²) in [7, 11) is 0. The minimum absolute atomic E-state index is 0.0616. The first-order chi connectivity index (χ1) is 27.0. The van der Waals surface area contributed by atoms with Crippen LogP contribution in [-0.2, 0) is 0 Å². The van der Waals surface area contributed by atoms with Gasteiger partial charge in [-0.2, -0.15) is 20.5 Å². The third-order valence-corrected chi connectivity index (χ3v) is 9.54. The molecule has 278 valence electrons. The van der Waals surface area contributed by atoms with E-state index in [0.29, 0.717) is 35.7 Å². The Morgan fingerprint density at radius 2 is 1.18 bits per heavy atom. The van der Waals surface area contributed by atoms with Crippen LogP contribution >= 0.6 is 0 Å². The normalized spacial score (nSPS) is 14.1. The molecule has 0 atom stereocenters. The van der Waals surface area contributed by atoms with Gasteiger partial charge in [0.25, 0.3) is 11.8 Å². The molecule has 0 bridgehead atoms. The van der Waals surface area contributed by atoms with E-state index >= 15 is 0 Å². The second kappa shape index (κ2) is 17.5. The highest BCUT2D eigenvalue weighted by molar-refractivity contribution is 5.94. The van der Waals surface area contributed by atoms with Crippen LogP contribution in [0.4, 0.5) is 29.0 Å². The Kier molecular flexibility index (Phi) is 11.7. The number of pyridine rings is 2. The molecule has 0 amide bonds. The summed E-state index contributed by atoms with van der Waals surface area (Å²) in [6, 6.07) is 20.0. The predicted octanol–water partition coefficient (Wildman–Crippen LogP) is 7.64. The highest BCUT2D eigenvalue weighted by atomic mass is 16.5. The van der Waals surface area contributed by atoms with Crippen molar-refractivity contribution in [1.82, 2.24) is 29.9 Å². The maximum Gasteiger partial charge on any atom is 0.253 e. The molecule has 6 aromatic rings. The van der Waals surface area contributed by atoms with Crippen LogP contribution in [0.25, 0.3) is 21.5 Å². The number of aliphatic hydroxyl groups excluding tert-OH is 1. The van der Waals surface area contributed by atoms with Crippen LogP contribution in [0.1, 0.15) is 68.3 Å². The van der Waals surface area contributed by atoms with Crippen molar-refractivity contribution in [3.63, 3.8) is 0 Å². The van der Waals surface area contributed by atoms with Crippen LogP contribution in [0.5, 0.6) is 11.8 Å². The zero-order valence-electron chi connectivity index (χ0n) is 30.5. The second-order valence-electron chi connectivity index (χ2n) is 13.5. The van der Waals surface area contributed by atoms with Crippen LogP contribution in [0.15, 0.2) is 73.3 Å². The molecule has 0 saturated heterocycles. The molecule has 8 rings (SSSR count). The smallest absolute Gasteiger partial charge is 0.253 e. The zero-order chi connectivity index (χ0) is 38.0. The molecule has 2 saturated carbocycles. The largest absolute Gasteiger partial charge is 0.472 e. The number of rotatable bonds is 11. The number of aryl methyl sites for hydroxylation is 1. The Hall–Kier alpha value is -6.64. The number of hydrogen-bond donors (Lipinski definition) is 4. The summed E-state index contributed by atoms with van der Waals surface area (Å²) in [6.45, 7) is 2.60. The number of hydrogen-bond acceptors (Lipinski definition) is 14. The average Bonchev–Trinajstić information content (AvgIpc) is 3.93. The summed E-state index contributed by atoms with van der Waals surface area (Å²) >= 11 is 0. The molecule has 0 spiro atoms. The lowest BCUT2D eigenvalue weighted by atomic mass is 10.1. The highest BCUT2D eigenvalue weighted by Crippen LogP contribution is 2.29. The number of anilines is 5. The summed E-state index contributed by atoms with van der Waals surface area (Å²) in [5, 5.41) is 41.2. The van der Waals surface area contributed by atoms with E-state index in [1.807, 2.05) is 60.8 Å². The number of benzene rings is 2. The number of aliphatic hydroxyl groups is 1. The van der Waals surface area contributed by atoms with E-state index in [9.17, 15) is 10.5 Å². The number of nitriles is 2. The van der Waals surface area contributed by atoms with Crippen molar-refractivity contribution in [2.75, 3.05) is 29.1 Å². The molecule has 0 unspecified atom stereocenters. The summed E-state index contributed by atoms with van der Waals surface area (Å²) in [4.78, 5) is 26.1. The number of nitrogens with one attached hydrogen (secondary N) is 3. The molecule has 55 heavy (non-hydrogen) atoms. The van der Waals surface area contributed by atoms with Gasteiger partial charge >= 0.3 is 0 Å². The molecule has 14 heteroatoms. The van der Waals surface area contributed by atoms with Crippen LogP contribution in [0, 0.1) is 29.6 Å². The van der Waals surface area contributed by atoms with Gasteiger partial charge in [0.1, 0.15) is 36.0 Å². The summed E-state index contributed by atoms with van der Waals surface area (Å²) in [5.41, 5.74) is 2.51. The fourth-order valence-corrected chi connectivity index (χ4v) is 6.75. The first kappa shape index (κ1) is 36.7. The minimum atomic E-state index is 0.0616. The first-order valence-corrected chi connectivity index (χ1v) is 18.5. The van der Waals surface area contributed by atoms with Gasteiger partial charge in [0, 0.05) is 35.4 Å². The van der Waals surface area contributed by atoms with Crippen LogP contribution < -0.4 is 25.4 Å². The Morgan fingerprint density at radius 1 is 0.673 bits per heavy atom. The van der Waals surface area contributed by atoms with Gasteiger partial charge in [-0.15, -0.1) is 0 Å². The van der Waals surface area contributed by atoms with Crippen LogP contribution in [0.3, 0.4) is 0 Å². The zero-order valence-corrected chi connectivity index (χ0v) is 30.5. The van der Waals surface area contributed by atoms with Crippen LogP contribution in [0.2, 0.25) is 0 Å². The van der Waals surface area contributed by atoms with Crippen molar-refractivity contribution in [2.45, 2.75) is 70.5 Å². The Labute approximate surface area is 318 Å². The fourth-order valence-electron chi connectivity index (χ4n) is 6.75. The molecule has 4 heterocycles. The SMILES string of the molecule is Cc1cccc2cc(Nc3cnc(C#N)c(OC4CCCC4)n3)ncc12.N#Cc1ncc(Nc2cc3cccc(NCCO)c3cn2)nc1OC1CCCC1. The van der Waals surface area contributed by atoms with Crippen molar-refractivity contribution in [3.05, 3.63) is 90.3 Å². The Morgan fingerprint density at radius 3 is 1.71 bits per heavy atom. The van der Waals surface area contributed by atoms with Gasteiger partial charge in [0.2, 0.25) is 11.4 Å². The Bertz CT molecular complexity index is 2360. The van der Waals surface area contributed by atoms with Crippen molar-refractivity contribution in [3.8, 4) is 23.9 Å². The second-order valence-corrected chi connectivity index (χ2v) is 13.5. The molecular weight excluding hydrogens is 695 g/mol. The van der Waals surface area contributed by atoms with Gasteiger partial charge in [-0.1, -0.05) is 30.3 Å². The van der Waals surface area contributed by atoms with E-state index in [2.05, 4.69) is 58.8 Å². The molecule has 14 nitrogen and oxygen atoms in total. The molecule has 0 aliphatic heterocycles. The van der Waals surface area contributed by atoms with E-state index in [4.69, 9.17) is 14.6 Å². The minimum Gasteiger partial charge on any atom is -0.472 e. The number of aromatic nitrogens is 6. The summed E-state index contributed by atoms with van der Waals surface area (Å²) in [5.74, 6) is 2.83. The van der Waals surface area contributed by atoms with Gasteiger partial charge in [-0.25, -0.2) is 19.9 Å². The van der Waals surface area contributed by atoms with E-state index in [1.54, 1.807) is 6.20 Å². The lowest BCUT2D eigenvalue weighted by Gasteiger charge is -2.14. The fraction of sp³-hybridized carbons (Fsp3) is 0.317. The van der Waals surface area contributed by atoms with Crippen LogP contribution in [-0.4, -0.2) is 60.4 Å². The molecule has 2 aliphatic carbocycles. The molecule has 0 radical (unpaired) electrons. The number of nitrogens with zero attached hydrogens (tertiary/aromatic N) is 8. The Balaban J connectivity index is 0.000000170. The quantitative estimate of drug-likeness (QED) is 0.101. The lowest BCUT2D eigenvalue weighted by molar-refractivity contribution is 0.200. The molecule has 2 aliphatic rings. The van der Waals surface area contributed by atoms with E-state index in [-0.39, 0.29) is 36.1 Å². The van der Waals surface area contributed by atoms with Crippen molar-refractivity contribution < 1.29 is 14.6 Å². The van der Waals surface area contributed by atoms with E-state index in [0.717, 1.165) is 78.6 Å². The van der Waals surface area contributed by atoms with Gasteiger partial charge in [-0.05, 0) is 92.8 Å². The lowest BCUT2D eigenvalue weighted by Crippen LogP contribution is -2.14. The average molecular weight is 736 g/mol. The number of fused-ring (bicyclic) bond motifs is 2. The van der Waals surface area contributed by atoms with Gasteiger partial charge in [0.15, 0.2) is 11.6 Å². The molecule has 2 aromatic carbocycles. The standard InChI is InChI=1S/C21H22N6O2.C20H19N5O/c22-11-18-21(29-15-5-1-2-6-15)27-20(13-24-18)26-19-10-14-4-3-7-17(23-8-9-28)16(14)12-25-19;1-13-5-4-6-14-9-18(23-11-16(13)14)24-19-12-22-17(10-21)20(25-19)26-15-7-2-3-8-15/h3-4,7,10,12-13,15,23,28H,1-2,5-6,8-9H2,(H,25,26,27);4-6,9,11-12,15H,2-3,7-8H2,1H3,(H,23,24,25). The van der Waals surface area contributed by atoms with Gasteiger partial charge in [-0.3, -0.25) is 0 Å². The van der Waals surface area contributed by atoms with Crippen molar-refractivity contribution >= 4 is 50.5 Å². The first-order valence-electron chi connectivity index (χ1n) is 18.5. The van der Waals surface area contributed by atoms with E-state index < -0.39 is 0 Å².